The van der Waals surface area contributed by atoms with Crippen LogP contribution in [0.5, 0.6) is 0 Å². The number of anilines is 1. The topological polar surface area (TPSA) is 78.4 Å². The van der Waals surface area contributed by atoms with Gasteiger partial charge in [0.2, 0.25) is 0 Å². The Labute approximate surface area is 104 Å². The summed E-state index contributed by atoms with van der Waals surface area (Å²) in [6.45, 7) is 3.73. The van der Waals surface area contributed by atoms with Crippen LogP contribution in [0.2, 0.25) is 0 Å². The number of nitrogens with one attached hydrogen (secondary N) is 2. The largest absolute Gasteiger partial charge is 0.478 e. The Morgan fingerprint density at radius 2 is 2.11 bits per heavy atom. The fraction of sp³-hybridized carbons (Fsp3) is 0.333. The first kappa shape index (κ1) is 14.0. The van der Waals surface area contributed by atoms with Gasteiger partial charge in [-0.3, -0.25) is 0 Å². The molecule has 5 nitrogen and oxygen atoms in total. The highest BCUT2D eigenvalue weighted by Crippen LogP contribution is 2.17. The van der Waals surface area contributed by atoms with Gasteiger partial charge in [0.05, 0.1) is 11.3 Å². The lowest BCUT2D eigenvalue weighted by atomic mass is 10.1. The highest BCUT2D eigenvalue weighted by molar-refractivity contribution is 6.00. The average molecular weight is 254 g/mol. The molecule has 0 aliphatic heterocycles. The Hall–Kier alpha value is -2.11. The molecule has 0 heterocycles. The van der Waals surface area contributed by atoms with Crippen molar-refractivity contribution in [3.8, 4) is 0 Å². The summed E-state index contributed by atoms with van der Waals surface area (Å²) in [5.74, 6) is -1.96. The first-order valence-corrected chi connectivity index (χ1v) is 5.54. The summed E-state index contributed by atoms with van der Waals surface area (Å²) in [4.78, 5) is 22.4. The van der Waals surface area contributed by atoms with E-state index in [4.69, 9.17) is 5.11 Å². The monoisotopic (exact) mass is 254 g/mol. The van der Waals surface area contributed by atoms with Gasteiger partial charge in [-0.15, -0.1) is 0 Å². The summed E-state index contributed by atoms with van der Waals surface area (Å²) in [6.07, 6.45) is 0.753. The molecule has 2 amide bonds. The van der Waals surface area contributed by atoms with Crippen LogP contribution in [0.15, 0.2) is 18.2 Å². The quantitative estimate of drug-likeness (QED) is 0.772. The molecule has 0 saturated heterocycles. The molecule has 98 valence electrons. The maximum absolute atomic E-state index is 12.9. The molecular weight excluding hydrogens is 239 g/mol. The molecule has 0 aliphatic rings. The van der Waals surface area contributed by atoms with Crippen molar-refractivity contribution in [1.82, 2.24) is 5.32 Å². The zero-order chi connectivity index (χ0) is 13.7. The minimum Gasteiger partial charge on any atom is -0.478 e. The molecule has 1 unspecified atom stereocenters. The predicted octanol–water partition coefficient (Wildman–Crippen LogP) is 2.44. The molecule has 18 heavy (non-hydrogen) atoms. The third-order valence-electron chi connectivity index (χ3n) is 2.45. The molecule has 0 bridgehead atoms. The van der Waals surface area contributed by atoms with Crippen molar-refractivity contribution < 1.29 is 19.1 Å². The summed E-state index contributed by atoms with van der Waals surface area (Å²) >= 11 is 0. The van der Waals surface area contributed by atoms with Crippen LogP contribution in [0.25, 0.3) is 0 Å². The van der Waals surface area contributed by atoms with E-state index in [1.54, 1.807) is 0 Å². The van der Waals surface area contributed by atoms with E-state index in [1.165, 1.54) is 6.07 Å². The van der Waals surface area contributed by atoms with Crippen molar-refractivity contribution in [3.63, 3.8) is 0 Å². The third-order valence-corrected chi connectivity index (χ3v) is 2.45. The van der Waals surface area contributed by atoms with E-state index in [9.17, 15) is 14.0 Å². The lowest BCUT2D eigenvalue weighted by Gasteiger charge is -2.13. The van der Waals surface area contributed by atoms with Crippen molar-refractivity contribution in [3.05, 3.63) is 29.6 Å². The molecule has 1 atom stereocenters. The number of aromatic carboxylic acids is 1. The second kappa shape index (κ2) is 6.00. The van der Waals surface area contributed by atoms with E-state index in [0.717, 1.165) is 18.6 Å². The fourth-order valence-corrected chi connectivity index (χ4v) is 1.29. The summed E-state index contributed by atoms with van der Waals surface area (Å²) in [5.41, 5.74) is -0.223. The molecule has 0 saturated carbocycles. The second-order valence-electron chi connectivity index (χ2n) is 3.90. The van der Waals surface area contributed by atoms with Gasteiger partial charge in [0.15, 0.2) is 0 Å². The van der Waals surface area contributed by atoms with E-state index in [0.29, 0.717) is 0 Å². The van der Waals surface area contributed by atoms with Crippen LogP contribution in [0.4, 0.5) is 14.9 Å². The van der Waals surface area contributed by atoms with Crippen LogP contribution >= 0.6 is 0 Å². The maximum Gasteiger partial charge on any atom is 0.337 e. The van der Waals surface area contributed by atoms with Gasteiger partial charge < -0.3 is 15.7 Å². The molecule has 1 aromatic rings. The predicted molar refractivity (Wildman–Crippen MR) is 65.3 cm³/mol. The maximum atomic E-state index is 12.9. The van der Waals surface area contributed by atoms with E-state index in [2.05, 4.69) is 10.6 Å². The molecule has 0 aliphatic carbocycles. The van der Waals surface area contributed by atoms with Crippen LogP contribution in [-0.4, -0.2) is 23.1 Å². The minimum atomic E-state index is -1.30. The number of carboxylic acid groups (broad SMARTS) is 1. The first-order valence-electron chi connectivity index (χ1n) is 5.54. The highest BCUT2D eigenvalue weighted by Gasteiger charge is 2.14. The molecule has 6 heteroatoms. The van der Waals surface area contributed by atoms with Gasteiger partial charge in [-0.05, 0) is 31.5 Å². The van der Waals surface area contributed by atoms with Gasteiger partial charge in [0.1, 0.15) is 5.82 Å². The zero-order valence-electron chi connectivity index (χ0n) is 10.2. The van der Waals surface area contributed by atoms with Crippen molar-refractivity contribution >= 4 is 17.7 Å². The molecule has 0 fully saturated rings. The smallest absolute Gasteiger partial charge is 0.337 e. The molecule has 1 rings (SSSR count). The Balaban J connectivity index is 2.84. The van der Waals surface area contributed by atoms with E-state index < -0.39 is 17.8 Å². The Bertz CT molecular complexity index is 463. The zero-order valence-corrected chi connectivity index (χ0v) is 10.2. The number of hydrogen-bond donors (Lipinski definition) is 3. The van der Waals surface area contributed by atoms with Crippen molar-refractivity contribution in [2.24, 2.45) is 0 Å². The summed E-state index contributed by atoms with van der Waals surface area (Å²) in [5, 5.41) is 13.9. The van der Waals surface area contributed by atoms with Gasteiger partial charge in [-0.1, -0.05) is 6.92 Å². The number of halogens is 1. The fourth-order valence-electron chi connectivity index (χ4n) is 1.29. The third kappa shape index (κ3) is 3.73. The second-order valence-corrected chi connectivity index (χ2v) is 3.90. The molecule has 1 aromatic carbocycles. The van der Waals surface area contributed by atoms with Crippen molar-refractivity contribution in [2.75, 3.05) is 5.32 Å². The standard InChI is InChI=1S/C12H15FN2O3/c1-3-7(2)14-12(18)15-10-5-4-8(13)6-9(10)11(16)17/h4-7H,3H2,1-2H3,(H,16,17)(H2,14,15,18). The van der Waals surface area contributed by atoms with Gasteiger partial charge in [0.25, 0.3) is 0 Å². The number of hydrogen-bond acceptors (Lipinski definition) is 2. The van der Waals surface area contributed by atoms with Gasteiger partial charge in [-0.2, -0.15) is 0 Å². The SMILES string of the molecule is CCC(C)NC(=O)Nc1ccc(F)cc1C(=O)O. The van der Waals surface area contributed by atoms with E-state index in [1.807, 2.05) is 13.8 Å². The van der Waals surface area contributed by atoms with Crippen LogP contribution in [0.3, 0.4) is 0 Å². The van der Waals surface area contributed by atoms with Crippen molar-refractivity contribution in [1.29, 1.82) is 0 Å². The summed E-state index contributed by atoms with van der Waals surface area (Å²) in [6, 6.07) is 2.62. The van der Waals surface area contributed by atoms with Crippen LogP contribution in [-0.2, 0) is 0 Å². The Kier molecular flexibility index (Phi) is 4.65. The van der Waals surface area contributed by atoms with E-state index in [-0.39, 0.29) is 17.3 Å². The number of carbonyl (C=O) groups is 2. The number of benzene rings is 1. The first-order chi connectivity index (χ1) is 8.43. The van der Waals surface area contributed by atoms with Gasteiger partial charge >= 0.3 is 12.0 Å². The summed E-state index contributed by atoms with van der Waals surface area (Å²) < 4.78 is 12.9. The van der Waals surface area contributed by atoms with E-state index >= 15 is 0 Å². The molecular formula is C12H15FN2O3. The Morgan fingerprint density at radius 1 is 1.44 bits per heavy atom. The average Bonchev–Trinajstić information content (AvgIpc) is 2.30. The minimum absolute atomic E-state index is 0.0290. The van der Waals surface area contributed by atoms with Gasteiger partial charge in [-0.25, -0.2) is 14.0 Å². The number of urea groups is 1. The van der Waals surface area contributed by atoms with Crippen molar-refractivity contribution in [2.45, 2.75) is 26.3 Å². The number of carbonyl (C=O) groups excluding carboxylic acids is 1. The highest BCUT2D eigenvalue weighted by atomic mass is 19.1. The Morgan fingerprint density at radius 3 is 2.67 bits per heavy atom. The number of carboxylic acids is 1. The normalized spacial score (nSPS) is 11.7. The molecule has 0 aromatic heterocycles. The molecule has 0 spiro atoms. The van der Waals surface area contributed by atoms with Crippen LogP contribution in [0, 0.1) is 5.82 Å². The van der Waals surface area contributed by atoms with Crippen LogP contribution < -0.4 is 10.6 Å². The number of rotatable bonds is 4. The summed E-state index contributed by atoms with van der Waals surface area (Å²) in [7, 11) is 0. The van der Waals surface area contributed by atoms with Crippen LogP contribution in [0.1, 0.15) is 30.6 Å². The molecule has 3 N–H and O–H groups in total. The lowest BCUT2D eigenvalue weighted by Crippen LogP contribution is -2.36. The lowest BCUT2D eigenvalue weighted by molar-refractivity contribution is 0.0697. The van der Waals surface area contributed by atoms with Gasteiger partial charge in [0, 0.05) is 6.04 Å². The number of amides is 2. The molecule has 0 radical (unpaired) electrons.